The number of carbonyl (C=O) groups is 2. The predicted molar refractivity (Wildman–Crippen MR) is 54.9 cm³/mol. The van der Waals surface area contributed by atoms with Crippen LogP contribution in [0.2, 0.25) is 0 Å². The molecule has 0 aromatic heterocycles. The summed E-state index contributed by atoms with van der Waals surface area (Å²) in [4.78, 5) is 22.0. The number of aliphatic hydroxyl groups excluding tert-OH is 1. The number of rotatable bonds is 5. The van der Waals surface area contributed by atoms with E-state index in [9.17, 15) is 9.59 Å². The summed E-state index contributed by atoms with van der Waals surface area (Å²) >= 11 is 0. The fraction of sp³-hybridized carbons (Fsp3) is 0.600. The molecule has 0 aliphatic heterocycles. The van der Waals surface area contributed by atoms with Gasteiger partial charge in [-0.05, 0) is 12.8 Å². The van der Waals surface area contributed by atoms with Gasteiger partial charge < -0.3 is 20.3 Å². The minimum atomic E-state index is -1.05. The summed E-state index contributed by atoms with van der Waals surface area (Å²) in [5.41, 5.74) is -1.05. The van der Waals surface area contributed by atoms with Crippen LogP contribution in [0.3, 0.4) is 0 Å². The SMILES string of the molecule is C=CCOC(=O)NCC1(C(=O)O)CC(O)C1. The van der Waals surface area contributed by atoms with E-state index in [1.165, 1.54) is 6.08 Å². The van der Waals surface area contributed by atoms with Crippen molar-refractivity contribution in [3.05, 3.63) is 12.7 Å². The predicted octanol–water partition coefficient (Wildman–Crippen LogP) is 0.124. The van der Waals surface area contributed by atoms with Crippen LogP contribution >= 0.6 is 0 Å². The van der Waals surface area contributed by atoms with E-state index in [4.69, 9.17) is 10.2 Å². The first-order valence-electron chi connectivity index (χ1n) is 4.93. The highest BCUT2D eigenvalue weighted by atomic mass is 16.5. The van der Waals surface area contributed by atoms with Crippen molar-refractivity contribution in [2.45, 2.75) is 18.9 Å². The van der Waals surface area contributed by atoms with Crippen LogP contribution < -0.4 is 5.32 Å². The number of carboxylic acid groups (broad SMARTS) is 1. The standard InChI is InChI=1S/C10H15NO5/c1-2-3-16-9(15)11-6-10(8(13)14)4-7(12)5-10/h2,7,12H,1,3-6H2,(H,11,15)(H,13,14). The van der Waals surface area contributed by atoms with E-state index in [1.54, 1.807) is 0 Å². The van der Waals surface area contributed by atoms with Gasteiger partial charge in [-0.1, -0.05) is 12.7 Å². The molecule has 1 fully saturated rings. The fourth-order valence-corrected chi connectivity index (χ4v) is 1.66. The molecule has 0 aromatic carbocycles. The summed E-state index contributed by atoms with van der Waals surface area (Å²) < 4.78 is 4.64. The lowest BCUT2D eigenvalue weighted by atomic mass is 9.67. The zero-order valence-corrected chi connectivity index (χ0v) is 8.81. The van der Waals surface area contributed by atoms with Gasteiger partial charge in [0.25, 0.3) is 0 Å². The summed E-state index contributed by atoms with van der Waals surface area (Å²) in [7, 11) is 0. The summed E-state index contributed by atoms with van der Waals surface area (Å²) in [6.45, 7) is 3.42. The molecular formula is C10H15NO5. The Morgan fingerprint density at radius 2 is 2.19 bits per heavy atom. The lowest BCUT2D eigenvalue weighted by Crippen LogP contribution is -2.53. The second-order valence-electron chi connectivity index (χ2n) is 3.89. The van der Waals surface area contributed by atoms with Crippen LogP contribution in [0.1, 0.15) is 12.8 Å². The Morgan fingerprint density at radius 3 is 2.62 bits per heavy atom. The second kappa shape index (κ2) is 4.98. The monoisotopic (exact) mass is 229 g/mol. The van der Waals surface area contributed by atoms with Gasteiger partial charge in [0.05, 0.1) is 11.5 Å². The van der Waals surface area contributed by atoms with Crippen LogP contribution in [0.25, 0.3) is 0 Å². The van der Waals surface area contributed by atoms with Crippen LogP contribution in [0.4, 0.5) is 4.79 Å². The van der Waals surface area contributed by atoms with Gasteiger partial charge >= 0.3 is 12.1 Å². The average molecular weight is 229 g/mol. The Bertz CT molecular complexity index is 296. The third-order valence-corrected chi connectivity index (χ3v) is 2.61. The van der Waals surface area contributed by atoms with E-state index in [1.807, 2.05) is 0 Å². The minimum Gasteiger partial charge on any atom is -0.481 e. The molecular weight excluding hydrogens is 214 g/mol. The Hall–Kier alpha value is -1.56. The van der Waals surface area contributed by atoms with Crippen LogP contribution in [0, 0.1) is 5.41 Å². The molecule has 1 aliphatic rings. The van der Waals surface area contributed by atoms with Crippen LogP contribution in [0.15, 0.2) is 12.7 Å². The Balaban J connectivity index is 2.37. The molecule has 1 amide bonds. The molecule has 0 radical (unpaired) electrons. The van der Waals surface area contributed by atoms with E-state index in [-0.39, 0.29) is 26.0 Å². The van der Waals surface area contributed by atoms with Gasteiger partial charge in [-0.2, -0.15) is 0 Å². The number of carboxylic acids is 1. The van der Waals surface area contributed by atoms with E-state index in [0.29, 0.717) is 0 Å². The molecule has 0 spiro atoms. The number of carbonyl (C=O) groups excluding carboxylic acids is 1. The molecule has 6 heteroatoms. The van der Waals surface area contributed by atoms with Crippen molar-refractivity contribution in [3.63, 3.8) is 0 Å². The van der Waals surface area contributed by atoms with Gasteiger partial charge in [0.1, 0.15) is 6.61 Å². The van der Waals surface area contributed by atoms with Crippen molar-refractivity contribution in [2.75, 3.05) is 13.2 Å². The molecule has 1 saturated carbocycles. The summed E-state index contributed by atoms with van der Waals surface area (Å²) in [5.74, 6) is -1.01. The van der Waals surface area contributed by atoms with Gasteiger partial charge in [-0.15, -0.1) is 0 Å². The molecule has 16 heavy (non-hydrogen) atoms. The maximum Gasteiger partial charge on any atom is 0.407 e. The molecule has 1 rings (SSSR count). The van der Waals surface area contributed by atoms with Gasteiger partial charge in [-0.3, -0.25) is 4.79 Å². The molecule has 0 bridgehead atoms. The fourth-order valence-electron chi connectivity index (χ4n) is 1.66. The van der Waals surface area contributed by atoms with Crippen LogP contribution in [0.5, 0.6) is 0 Å². The smallest absolute Gasteiger partial charge is 0.407 e. The van der Waals surface area contributed by atoms with Crippen LogP contribution in [-0.2, 0) is 9.53 Å². The summed E-state index contributed by atoms with van der Waals surface area (Å²) in [6, 6.07) is 0. The third-order valence-electron chi connectivity index (χ3n) is 2.61. The number of nitrogens with one attached hydrogen (secondary N) is 1. The number of alkyl carbamates (subject to hydrolysis) is 1. The summed E-state index contributed by atoms with van der Waals surface area (Å²) in [6.07, 6.45) is 0.456. The number of aliphatic carboxylic acids is 1. The second-order valence-corrected chi connectivity index (χ2v) is 3.89. The zero-order chi connectivity index (χ0) is 12.2. The molecule has 0 aromatic rings. The maximum atomic E-state index is 11.1. The minimum absolute atomic E-state index is 0.0324. The van der Waals surface area contributed by atoms with E-state index >= 15 is 0 Å². The number of ether oxygens (including phenoxy) is 1. The van der Waals surface area contributed by atoms with Gasteiger partial charge in [0.2, 0.25) is 0 Å². The molecule has 0 atom stereocenters. The highest BCUT2D eigenvalue weighted by Crippen LogP contribution is 2.40. The van der Waals surface area contributed by atoms with Crippen molar-refractivity contribution in [1.82, 2.24) is 5.32 Å². The van der Waals surface area contributed by atoms with E-state index in [0.717, 1.165) is 0 Å². The molecule has 1 aliphatic carbocycles. The Morgan fingerprint density at radius 1 is 1.56 bits per heavy atom. The molecule has 0 heterocycles. The highest BCUT2D eigenvalue weighted by molar-refractivity contribution is 5.77. The summed E-state index contributed by atoms with van der Waals surface area (Å²) in [5, 5.41) is 20.5. The lowest BCUT2D eigenvalue weighted by molar-refractivity contribution is -0.162. The first kappa shape index (κ1) is 12.5. The third kappa shape index (κ3) is 2.73. The molecule has 3 N–H and O–H groups in total. The molecule has 6 nitrogen and oxygen atoms in total. The quantitative estimate of drug-likeness (QED) is 0.582. The van der Waals surface area contributed by atoms with Gasteiger partial charge in [0, 0.05) is 6.54 Å². The number of aliphatic hydroxyl groups is 1. The molecule has 0 unspecified atom stereocenters. The van der Waals surface area contributed by atoms with E-state index in [2.05, 4.69) is 16.6 Å². The van der Waals surface area contributed by atoms with Crippen molar-refractivity contribution in [3.8, 4) is 0 Å². The maximum absolute atomic E-state index is 11.1. The van der Waals surface area contributed by atoms with Crippen LogP contribution in [-0.4, -0.2) is 41.5 Å². The number of hydrogen-bond donors (Lipinski definition) is 3. The van der Waals surface area contributed by atoms with Crippen molar-refractivity contribution >= 4 is 12.1 Å². The topological polar surface area (TPSA) is 95.9 Å². The van der Waals surface area contributed by atoms with Crippen molar-refractivity contribution in [2.24, 2.45) is 5.41 Å². The van der Waals surface area contributed by atoms with E-state index < -0.39 is 23.6 Å². The van der Waals surface area contributed by atoms with Gasteiger partial charge in [0.15, 0.2) is 0 Å². The average Bonchev–Trinajstić information content (AvgIpc) is 2.19. The Kier molecular flexibility index (Phi) is 3.89. The first-order valence-corrected chi connectivity index (χ1v) is 4.93. The first-order chi connectivity index (χ1) is 7.50. The molecule has 0 saturated heterocycles. The largest absolute Gasteiger partial charge is 0.481 e. The van der Waals surface area contributed by atoms with Gasteiger partial charge in [-0.25, -0.2) is 4.79 Å². The normalized spacial score (nSPS) is 27.7. The number of amides is 1. The molecule has 90 valence electrons. The Labute approximate surface area is 92.9 Å². The van der Waals surface area contributed by atoms with Crippen molar-refractivity contribution in [1.29, 1.82) is 0 Å². The van der Waals surface area contributed by atoms with Crippen molar-refractivity contribution < 1.29 is 24.5 Å². The lowest BCUT2D eigenvalue weighted by Gasteiger charge is -2.41. The highest BCUT2D eigenvalue weighted by Gasteiger charge is 2.50. The number of hydrogen-bond acceptors (Lipinski definition) is 4. The zero-order valence-electron chi connectivity index (χ0n) is 8.81.